The van der Waals surface area contributed by atoms with E-state index in [-0.39, 0.29) is 23.3 Å². The molecule has 0 bridgehead atoms. The number of amides is 2. The molecule has 1 rings (SSSR count). The summed E-state index contributed by atoms with van der Waals surface area (Å²) in [5.41, 5.74) is -0.373. The lowest BCUT2D eigenvalue weighted by Gasteiger charge is -2.31. The molecule has 0 aliphatic carbocycles. The molecule has 2 amide bonds. The molecule has 4 heteroatoms. The monoisotopic (exact) mass is 254 g/mol. The summed E-state index contributed by atoms with van der Waals surface area (Å²) < 4.78 is 0. The van der Waals surface area contributed by atoms with Crippen LogP contribution in [0.1, 0.15) is 59.3 Å². The first-order chi connectivity index (χ1) is 8.47. The van der Waals surface area contributed by atoms with Crippen LogP contribution in [0.5, 0.6) is 0 Å². The van der Waals surface area contributed by atoms with E-state index in [0.29, 0.717) is 6.54 Å². The second kappa shape index (κ2) is 6.76. The quantitative estimate of drug-likeness (QED) is 0.514. The minimum atomic E-state index is -0.373. The fraction of sp³-hybridized carbons (Fsp3) is 0.857. The Morgan fingerprint density at radius 2 is 2.00 bits per heavy atom. The summed E-state index contributed by atoms with van der Waals surface area (Å²) in [4.78, 5) is 23.1. The van der Waals surface area contributed by atoms with Crippen molar-refractivity contribution in [2.24, 2.45) is 5.41 Å². The van der Waals surface area contributed by atoms with Gasteiger partial charge in [-0.2, -0.15) is 0 Å². The van der Waals surface area contributed by atoms with Crippen LogP contribution in [0.3, 0.4) is 0 Å². The van der Waals surface area contributed by atoms with Crippen LogP contribution in [0.25, 0.3) is 0 Å². The topological polar surface area (TPSA) is 58.2 Å². The van der Waals surface area contributed by atoms with Crippen LogP contribution in [0.15, 0.2) is 0 Å². The number of carbonyl (C=O) groups is 2. The van der Waals surface area contributed by atoms with Crippen molar-refractivity contribution in [3.8, 4) is 0 Å². The summed E-state index contributed by atoms with van der Waals surface area (Å²) in [7, 11) is 0. The SMILES string of the molecule is CCCCCCCC(C)(C)C(=O)NC1CNC1=O. The van der Waals surface area contributed by atoms with Crippen LogP contribution in [0.4, 0.5) is 0 Å². The summed E-state index contributed by atoms with van der Waals surface area (Å²) in [6, 6.07) is -0.308. The molecule has 0 aromatic heterocycles. The van der Waals surface area contributed by atoms with E-state index >= 15 is 0 Å². The average molecular weight is 254 g/mol. The minimum absolute atomic E-state index is 0.00200. The molecule has 1 saturated heterocycles. The van der Waals surface area contributed by atoms with E-state index in [1.807, 2.05) is 13.8 Å². The molecular weight excluding hydrogens is 228 g/mol. The van der Waals surface area contributed by atoms with Gasteiger partial charge >= 0.3 is 0 Å². The molecule has 0 aromatic carbocycles. The highest BCUT2D eigenvalue weighted by atomic mass is 16.2. The number of carbonyl (C=O) groups excluding carboxylic acids is 2. The molecule has 0 spiro atoms. The maximum atomic E-state index is 12.0. The smallest absolute Gasteiger partial charge is 0.244 e. The van der Waals surface area contributed by atoms with Crippen LogP contribution in [-0.2, 0) is 9.59 Å². The standard InChI is InChI=1S/C14H26N2O2/c1-4-5-6-7-8-9-14(2,3)13(18)16-11-10-15-12(11)17/h11H,4-10H2,1-3H3,(H,15,17)(H,16,18). The molecule has 1 aliphatic heterocycles. The predicted molar refractivity (Wildman–Crippen MR) is 72.1 cm³/mol. The van der Waals surface area contributed by atoms with Gasteiger partial charge in [-0.15, -0.1) is 0 Å². The normalized spacial score (nSPS) is 19.1. The summed E-state index contributed by atoms with van der Waals surface area (Å²) >= 11 is 0. The van der Waals surface area contributed by atoms with Crippen molar-refractivity contribution < 1.29 is 9.59 Å². The number of unbranched alkanes of at least 4 members (excludes halogenated alkanes) is 4. The van der Waals surface area contributed by atoms with E-state index in [2.05, 4.69) is 17.6 Å². The molecule has 104 valence electrons. The molecular formula is C14H26N2O2. The molecule has 1 fully saturated rings. The first kappa shape index (κ1) is 15.0. The number of β-lactam (4-membered cyclic amide) rings is 1. The van der Waals surface area contributed by atoms with Gasteiger partial charge in [0.2, 0.25) is 11.8 Å². The van der Waals surface area contributed by atoms with Gasteiger partial charge in [0.25, 0.3) is 0 Å². The largest absolute Gasteiger partial charge is 0.352 e. The zero-order chi connectivity index (χ0) is 13.6. The first-order valence-corrected chi connectivity index (χ1v) is 7.06. The number of hydrogen-bond acceptors (Lipinski definition) is 2. The van der Waals surface area contributed by atoms with Crippen molar-refractivity contribution in [3.05, 3.63) is 0 Å². The van der Waals surface area contributed by atoms with Crippen molar-refractivity contribution in [1.29, 1.82) is 0 Å². The summed E-state index contributed by atoms with van der Waals surface area (Å²) in [5, 5.41) is 5.44. The third kappa shape index (κ3) is 4.31. The van der Waals surface area contributed by atoms with Crippen molar-refractivity contribution in [1.82, 2.24) is 10.6 Å². The lowest BCUT2D eigenvalue weighted by Crippen LogP contribution is -2.63. The molecule has 2 N–H and O–H groups in total. The number of hydrogen-bond donors (Lipinski definition) is 2. The van der Waals surface area contributed by atoms with E-state index in [1.54, 1.807) is 0 Å². The molecule has 0 aromatic rings. The fourth-order valence-corrected chi connectivity index (χ4v) is 2.04. The van der Waals surface area contributed by atoms with Gasteiger partial charge in [-0.25, -0.2) is 0 Å². The van der Waals surface area contributed by atoms with Crippen LogP contribution in [0.2, 0.25) is 0 Å². The second-order valence-corrected chi connectivity index (χ2v) is 5.82. The Balaban J connectivity index is 2.23. The van der Waals surface area contributed by atoms with E-state index in [9.17, 15) is 9.59 Å². The van der Waals surface area contributed by atoms with Gasteiger partial charge in [-0.3, -0.25) is 9.59 Å². The van der Waals surface area contributed by atoms with E-state index in [0.717, 1.165) is 12.8 Å². The lowest BCUT2D eigenvalue weighted by molar-refractivity contribution is -0.137. The van der Waals surface area contributed by atoms with Crippen molar-refractivity contribution in [3.63, 3.8) is 0 Å². The van der Waals surface area contributed by atoms with Crippen molar-refractivity contribution in [2.45, 2.75) is 65.3 Å². The lowest BCUT2D eigenvalue weighted by atomic mass is 9.85. The Morgan fingerprint density at radius 3 is 2.50 bits per heavy atom. The molecule has 0 saturated carbocycles. The number of rotatable bonds is 8. The maximum Gasteiger partial charge on any atom is 0.244 e. The second-order valence-electron chi connectivity index (χ2n) is 5.82. The third-order valence-electron chi connectivity index (χ3n) is 3.62. The van der Waals surface area contributed by atoms with Crippen LogP contribution < -0.4 is 10.6 Å². The summed E-state index contributed by atoms with van der Waals surface area (Å²) in [5.74, 6) is -0.0695. The van der Waals surface area contributed by atoms with Crippen LogP contribution in [0, 0.1) is 5.41 Å². The Hall–Kier alpha value is -1.06. The molecule has 1 atom stereocenters. The molecule has 4 nitrogen and oxygen atoms in total. The third-order valence-corrected chi connectivity index (χ3v) is 3.62. The molecule has 1 aliphatic rings. The van der Waals surface area contributed by atoms with Gasteiger partial charge in [0, 0.05) is 12.0 Å². The van der Waals surface area contributed by atoms with Gasteiger partial charge < -0.3 is 10.6 Å². The van der Waals surface area contributed by atoms with E-state index in [1.165, 1.54) is 25.7 Å². The summed E-state index contributed by atoms with van der Waals surface area (Å²) in [6.07, 6.45) is 6.91. The Kier molecular flexibility index (Phi) is 5.63. The molecule has 0 radical (unpaired) electrons. The Bertz CT molecular complexity index is 300. The van der Waals surface area contributed by atoms with Crippen LogP contribution >= 0.6 is 0 Å². The van der Waals surface area contributed by atoms with Gasteiger partial charge in [0.05, 0.1) is 0 Å². The minimum Gasteiger partial charge on any atom is -0.352 e. The highest BCUT2D eigenvalue weighted by Crippen LogP contribution is 2.24. The van der Waals surface area contributed by atoms with E-state index < -0.39 is 0 Å². The molecule has 18 heavy (non-hydrogen) atoms. The Morgan fingerprint density at radius 1 is 1.33 bits per heavy atom. The summed E-state index contributed by atoms with van der Waals surface area (Å²) in [6.45, 7) is 6.68. The maximum absolute atomic E-state index is 12.0. The molecule has 1 heterocycles. The Labute approximate surface area is 110 Å². The molecule has 1 unspecified atom stereocenters. The van der Waals surface area contributed by atoms with Gasteiger partial charge in [0.15, 0.2) is 0 Å². The van der Waals surface area contributed by atoms with Crippen molar-refractivity contribution in [2.75, 3.05) is 6.54 Å². The van der Waals surface area contributed by atoms with Crippen molar-refractivity contribution >= 4 is 11.8 Å². The van der Waals surface area contributed by atoms with Gasteiger partial charge in [-0.1, -0.05) is 52.9 Å². The van der Waals surface area contributed by atoms with Gasteiger partial charge in [-0.05, 0) is 6.42 Å². The zero-order valence-corrected chi connectivity index (χ0v) is 11.8. The van der Waals surface area contributed by atoms with Gasteiger partial charge in [0.1, 0.15) is 6.04 Å². The highest BCUT2D eigenvalue weighted by molar-refractivity contribution is 5.93. The van der Waals surface area contributed by atoms with E-state index in [4.69, 9.17) is 0 Å². The average Bonchev–Trinajstić information content (AvgIpc) is 2.33. The van der Waals surface area contributed by atoms with Crippen LogP contribution in [-0.4, -0.2) is 24.4 Å². The first-order valence-electron chi connectivity index (χ1n) is 7.06. The number of nitrogens with one attached hydrogen (secondary N) is 2. The highest BCUT2D eigenvalue weighted by Gasteiger charge is 2.34. The fourth-order valence-electron chi connectivity index (χ4n) is 2.04. The predicted octanol–water partition coefficient (Wildman–Crippen LogP) is 1.99. The zero-order valence-electron chi connectivity index (χ0n) is 11.8.